The second-order valence-corrected chi connectivity index (χ2v) is 5.63. The Morgan fingerprint density at radius 1 is 1.09 bits per heavy atom. The highest BCUT2D eigenvalue weighted by Crippen LogP contribution is 2.28. The van der Waals surface area contributed by atoms with Crippen molar-refractivity contribution in [2.24, 2.45) is 0 Å². The molecule has 3 aromatic rings. The number of hydrogen-bond donors (Lipinski definition) is 1. The van der Waals surface area contributed by atoms with Crippen molar-refractivity contribution in [2.45, 2.75) is 6.61 Å². The van der Waals surface area contributed by atoms with Crippen LogP contribution in [-0.4, -0.2) is 12.1 Å². The Balaban J connectivity index is 1.72. The van der Waals surface area contributed by atoms with E-state index in [4.69, 9.17) is 15.2 Å². The zero-order valence-corrected chi connectivity index (χ0v) is 13.0. The molecule has 2 N–H and O–H groups in total. The highest BCUT2D eigenvalue weighted by molar-refractivity contribution is 7.09. The molecular formula is C17H16N2O2S. The number of methoxy groups -OCH3 is 1. The third-order valence-corrected chi connectivity index (χ3v) is 3.98. The average Bonchev–Trinajstić information content (AvgIpc) is 3.02. The van der Waals surface area contributed by atoms with Crippen LogP contribution in [0.5, 0.6) is 11.5 Å². The van der Waals surface area contributed by atoms with E-state index >= 15 is 0 Å². The number of anilines is 1. The summed E-state index contributed by atoms with van der Waals surface area (Å²) in [5, 5.41) is 2.92. The van der Waals surface area contributed by atoms with Crippen LogP contribution in [0.4, 0.5) is 5.69 Å². The van der Waals surface area contributed by atoms with Crippen LogP contribution < -0.4 is 15.2 Å². The Bertz CT molecular complexity index is 771. The number of nitrogens with two attached hydrogens (primary N) is 1. The van der Waals surface area contributed by atoms with Crippen LogP contribution >= 0.6 is 11.3 Å². The first-order valence-corrected chi connectivity index (χ1v) is 7.70. The lowest BCUT2D eigenvalue weighted by molar-refractivity contribution is 0.284. The van der Waals surface area contributed by atoms with Gasteiger partial charge in [0.2, 0.25) is 0 Å². The van der Waals surface area contributed by atoms with Gasteiger partial charge < -0.3 is 15.2 Å². The van der Waals surface area contributed by atoms with E-state index in [1.54, 1.807) is 18.4 Å². The number of thiazole rings is 1. The van der Waals surface area contributed by atoms with Crippen molar-refractivity contribution in [3.05, 3.63) is 58.9 Å². The number of benzene rings is 2. The van der Waals surface area contributed by atoms with Crippen LogP contribution in [0.25, 0.3) is 11.3 Å². The SMILES string of the molecule is COc1ccccc1OCc1nc(-c2cccc(N)c2)cs1. The molecule has 0 aliphatic rings. The summed E-state index contributed by atoms with van der Waals surface area (Å²) in [5.41, 5.74) is 8.47. The number of ether oxygens (including phenoxy) is 2. The molecule has 0 saturated carbocycles. The lowest BCUT2D eigenvalue weighted by Crippen LogP contribution is -1.97. The predicted octanol–water partition coefficient (Wildman–Crippen LogP) is 3.98. The van der Waals surface area contributed by atoms with Gasteiger partial charge in [-0.25, -0.2) is 4.98 Å². The van der Waals surface area contributed by atoms with Crippen LogP contribution in [-0.2, 0) is 6.61 Å². The van der Waals surface area contributed by atoms with E-state index in [-0.39, 0.29) is 0 Å². The summed E-state index contributed by atoms with van der Waals surface area (Å²) in [6, 6.07) is 15.3. The van der Waals surface area contributed by atoms with Gasteiger partial charge in [-0.05, 0) is 24.3 Å². The monoisotopic (exact) mass is 312 g/mol. The second kappa shape index (κ2) is 6.49. The summed E-state index contributed by atoms with van der Waals surface area (Å²) < 4.78 is 11.1. The highest BCUT2D eigenvalue weighted by Gasteiger charge is 2.07. The van der Waals surface area contributed by atoms with E-state index in [1.165, 1.54) is 0 Å². The van der Waals surface area contributed by atoms with Crippen molar-refractivity contribution in [3.63, 3.8) is 0 Å². The van der Waals surface area contributed by atoms with Gasteiger partial charge in [-0.15, -0.1) is 11.3 Å². The van der Waals surface area contributed by atoms with E-state index in [9.17, 15) is 0 Å². The number of aromatic nitrogens is 1. The Hall–Kier alpha value is -2.53. The molecule has 0 aliphatic carbocycles. The summed E-state index contributed by atoms with van der Waals surface area (Å²) >= 11 is 1.57. The molecule has 0 fully saturated rings. The minimum atomic E-state index is 0.410. The zero-order chi connectivity index (χ0) is 15.4. The Kier molecular flexibility index (Phi) is 4.25. The average molecular weight is 312 g/mol. The minimum Gasteiger partial charge on any atom is -0.493 e. The van der Waals surface area contributed by atoms with E-state index in [0.29, 0.717) is 12.4 Å². The fourth-order valence-corrected chi connectivity index (χ4v) is 2.80. The molecule has 0 amide bonds. The molecule has 1 heterocycles. The lowest BCUT2D eigenvalue weighted by atomic mass is 10.1. The van der Waals surface area contributed by atoms with Crippen molar-refractivity contribution in [1.82, 2.24) is 4.98 Å². The molecule has 3 rings (SSSR count). The largest absolute Gasteiger partial charge is 0.493 e. The summed E-state index contributed by atoms with van der Waals surface area (Å²) in [5.74, 6) is 1.43. The van der Waals surface area contributed by atoms with E-state index < -0.39 is 0 Å². The smallest absolute Gasteiger partial charge is 0.161 e. The molecule has 1 aromatic heterocycles. The normalized spacial score (nSPS) is 10.4. The van der Waals surface area contributed by atoms with E-state index in [0.717, 1.165) is 27.7 Å². The summed E-state index contributed by atoms with van der Waals surface area (Å²) in [7, 11) is 1.63. The van der Waals surface area contributed by atoms with Crippen LogP contribution in [0.2, 0.25) is 0 Å². The molecule has 4 nitrogen and oxygen atoms in total. The molecular weight excluding hydrogens is 296 g/mol. The van der Waals surface area contributed by atoms with Gasteiger partial charge in [-0.2, -0.15) is 0 Å². The molecule has 0 atom stereocenters. The number of rotatable bonds is 5. The number of para-hydroxylation sites is 2. The Morgan fingerprint density at radius 3 is 2.68 bits per heavy atom. The first kappa shape index (κ1) is 14.4. The summed E-state index contributed by atoms with van der Waals surface area (Å²) in [6.45, 7) is 0.410. The van der Waals surface area contributed by atoms with Crippen molar-refractivity contribution in [1.29, 1.82) is 0 Å². The minimum absolute atomic E-state index is 0.410. The van der Waals surface area contributed by atoms with Crippen LogP contribution in [0.3, 0.4) is 0 Å². The van der Waals surface area contributed by atoms with Gasteiger partial charge in [-0.1, -0.05) is 24.3 Å². The fourth-order valence-electron chi connectivity index (χ4n) is 2.09. The summed E-state index contributed by atoms with van der Waals surface area (Å²) in [6.07, 6.45) is 0. The number of nitrogen functional groups attached to an aromatic ring is 1. The van der Waals surface area contributed by atoms with Gasteiger partial charge in [0.15, 0.2) is 11.5 Å². The summed E-state index contributed by atoms with van der Waals surface area (Å²) in [4.78, 5) is 4.59. The Morgan fingerprint density at radius 2 is 1.91 bits per heavy atom. The van der Waals surface area contributed by atoms with Crippen LogP contribution in [0.15, 0.2) is 53.9 Å². The van der Waals surface area contributed by atoms with Gasteiger partial charge >= 0.3 is 0 Å². The highest BCUT2D eigenvalue weighted by atomic mass is 32.1. The van der Waals surface area contributed by atoms with Crippen molar-refractivity contribution in [3.8, 4) is 22.8 Å². The van der Waals surface area contributed by atoms with Gasteiger partial charge in [0.05, 0.1) is 12.8 Å². The van der Waals surface area contributed by atoms with Gasteiger partial charge in [0.1, 0.15) is 11.6 Å². The molecule has 0 saturated heterocycles. The number of nitrogens with zero attached hydrogens (tertiary/aromatic N) is 1. The molecule has 0 spiro atoms. The molecule has 0 bridgehead atoms. The van der Waals surface area contributed by atoms with Gasteiger partial charge in [0.25, 0.3) is 0 Å². The maximum Gasteiger partial charge on any atom is 0.161 e. The maximum atomic E-state index is 5.81. The molecule has 112 valence electrons. The van der Waals surface area contributed by atoms with Crippen molar-refractivity contribution >= 4 is 17.0 Å². The number of hydrogen-bond acceptors (Lipinski definition) is 5. The first-order valence-electron chi connectivity index (χ1n) is 6.82. The quantitative estimate of drug-likeness (QED) is 0.724. The van der Waals surface area contributed by atoms with Gasteiger partial charge in [-0.3, -0.25) is 0 Å². The Labute approximate surface area is 133 Å². The van der Waals surface area contributed by atoms with Crippen molar-refractivity contribution in [2.75, 3.05) is 12.8 Å². The predicted molar refractivity (Wildman–Crippen MR) is 89.3 cm³/mol. The lowest BCUT2D eigenvalue weighted by Gasteiger charge is -2.08. The third-order valence-electron chi connectivity index (χ3n) is 3.15. The second-order valence-electron chi connectivity index (χ2n) is 4.69. The molecule has 0 unspecified atom stereocenters. The molecule has 0 aliphatic heterocycles. The molecule has 22 heavy (non-hydrogen) atoms. The van der Waals surface area contributed by atoms with Crippen molar-refractivity contribution < 1.29 is 9.47 Å². The van der Waals surface area contributed by atoms with Crippen LogP contribution in [0.1, 0.15) is 5.01 Å². The molecule has 2 aromatic carbocycles. The maximum absolute atomic E-state index is 5.81. The topological polar surface area (TPSA) is 57.4 Å². The fraction of sp³-hybridized carbons (Fsp3) is 0.118. The molecule has 0 radical (unpaired) electrons. The van der Waals surface area contributed by atoms with Gasteiger partial charge in [0, 0.05) is 16.6 Å². The van der Waals surface area contributed by atoms with E-state index in [1.807, 2.05) is 53.9 Å². The van der Waals surface area contributed by atoms with E-state index in [2.05, 4.69) is 4.98 Å². The van der Waals surface area contributed by atoms with Crippen LogP contribution in [0, 0.1) is 0 Å². The standard InChI is InChI=1S/C17H16N2O2S/c1-20-15-7-2-3-8-16(15)21-10-17-19-14(11-22-17)12-5-4-6-13(18)9-12/h2-9,11H,10,18H2,1H3. The third kappa shape index (κ3) is 3.20. The zero-order valence-electron chi connectivity index (χ0n) is 12.2. The first-order chi connectivity index (χ1) is 10.8. The molecule has 5 heteroatoms.